The van der Waals surface area contributed by atoms with Gasteiger partial charge in [0.1, 0.15) is 0 Å². The Morgan fingerprint density at radius 1 is 0.231 bits per heavy atom. The third-order valence-electron chi connectivity index (χ3n) is 18.4. The van der Waals surface area contributed by atoms with Crippen molar-refractivity contribution >= 4 is 0 Å². The second kappa shape index (κ2) is 19.9. The molecule has 2 aliphatic heterocycles. The Bertz CT molecular complexity index is 893. The lowest BCUT2D eigenvalue weighted by Crippen LogP contribution is -2.22. The lowest BCUT2D eigenvalue weighted by Gasteiger charge is -2.35. The molecule has 0 amide bonds. The normalized spacial score (nSPS) is 46.6. The number of rotatable bonds is 0. The average molecular weight is 719 g/mol. The number of hydrogen-bond acceptors (Lipinski definition) is 2. The van der Waals surface area contributed by atoms with Gasteiger partial charge in [-0.15, -0.1) is 0 Å². The van der Waals surface area contributed by atoms with Crippen LogP contribution in [0.5, 0.6) is 0 Å². The molecule has 0 aromatic rings. The highest BCUT2D eigenvalue weighted by atomic mass is 16.6. The summed E-state index contributed by atoms with van der Waals surface area (Å²) in [6.07, 6.45) is 53.1. The summed E-state index contributed by atoms with van der Waals surface area (Å²) in [5.41, 5.74) is 0. The summed E-state index contributed by atoms with van der Waals surface area (Å²) in [4.78, 5) is 0. The van der Waals surface area contributed by atoms with Crippen LogP contribution in [0.1, 0.15) is 218 Å². The molecule has 12 aliphatic carbocycles. The molecule has 2 heterocycles. The van der Waals surface area contributed by atoms with E-state index in [2.05, 4.69) is 0 Å². The van der Waals surface area contributed by atoms with E-state index in [1.54, 1.807) is 167 Å². The number of ether oxygens (including phenoxy) is 2. The molecule has 12 saturated carbocycles. The summed E-state index contributed by atoms with van der Waals surface area (Å²) < 4.78 is 10.7. The summed E-state index contributed by atoms with van der Waals surface area (Å²) in [5.74, 6) is 14.1. The Labute approximate surface area is 323 Å². The SMILES string of the molecule is C1CC2C3CCC(C3)C2C1.C1CC2CCC1C2.C1CC2CCC1CC2.C1CC2CCCC(C1)C2.C1CC2OCCC2O1.C1CCC2CCCCC2C1. The zero-order chi connectivity index (χ0) is 35.0. The maximum absolute atomic E-state index is 5.35. The van der Waals surface area contributed by atoms with Crippen LogP contribution in [0.3, 0.4) is 0 Å². The van der Waals surface area contributed by atoms with E-state index in [1.807, 2.05) is 0 Å². The van der Waals surface area contributed by atoms with E-state index in [0.29, 0.717) is 12.2 Å². The van der Waals surface area contributed by atoms with E-state index < -0.39 is 0 Å². The van der Waals surface area contributed by atoms with Crippen LogP contribution < -0.4 is 0 Å². The van der Waals surface area contributed by atoms with Crippen molar-refractivity contribution in [2.24, 2.45) is 71.0 Å². The first-order valence-corrected chi connectivity index (χ1v) is 25.0. The van der Waals surface area contributed by atoms with Crippen molar-refractivity contribution in [2.75, 3.05) is 13.2 Å². The maximum atomic E-state index is 5.35. The van der Waals surface area contributed by atoms with Gasteiger partial charge in [-0.2, -0.15) is 0 Å². The van der Waals surface area contributed by atoms with Crippen molar-refractivity contribution in [1.29, 1.82) is 0 Å². The zero-order valence-corrected chi connectivity index (χ0v) is 34.4. The third kappa shape index (κ3) is 10.6. The van der Waals surface area contributed by atoms with Gasteiger partial charge in [0, 0.05) is 13.2 Å². The molecule has 6 atom stereocenters. The van der Waals surface area contributed by atoms with Crippen LogP contribution in [0.15, 0.2) is 0 Å². The number of fused-ring (bicyclic) bond motifs is 14. The highest BCUT2D eigenvalue weighted by Gasteiger charge is 2.49. The summed E-state index contributed by atoms with van der Waals surface area (Å²) in [6, 6.07) is 0. The molecule has 0 N–H and O–H groups in total. The van der Waals surface area contributed by atoms with Crippen molar-refractivity contribution in [2.45, 2.75) is 231 Å². The predicted molar refractivity (Wildman–Crippen MR) is 218 cm³/mol. The van der Waals surface area contributed by atoms with E-state index in [0.717, 1.165) is 61.6 Å². The highest BCUT2D eigenvalue weighted by molar-refractivity contribution is 4.99. The van der Waals surface area contributed by atoms with Gasteiger partial charge < -0.3 is 9.47 Å². The molecule has 0 spiro atoms. The number of hydrogen-bond donors (Lipinski definition) is 0. The predicted octanol–water partition coefficient (Wildman–Crippen LogP) is 14.5. The Morgan fingerprint density at radius 2 is 0.577 bits per heavy atom. The van der Waals surface area contributed by atoms with Gasteiger partial charge in [0.15, 0.2) is 0 Å². The Balaban J connectivity index is 0.0000000896. The van der Waals surface area contributed by atoms with Crippen LogP contribution >= 0.6 is 0 Å². The maximum Gasteiger partial charge on any atom is 0.0859 e. The fraction of sp³-hybridized carbons (Fsp3) is 1.00. The Hall–Kier alpha value is -0.0800. The van der Waals surface area contributed by atoms with E-state index in [-0.39, 0.29) is 0 Å². The molecule has 2 nitrogen and oxygen atoms in total. The van der Waals surface area contributed by atoms with Gasteiger partial charge in [-0.25, -0.2) is 0 Å². The largest absolute Gasteiger partial charge is 0.375 e. The van der Waals surface area contributed by atoms with Crippen LogP contribution in [0, 0.1) is 71.0 Å². The van der Waals surface area contributed by atoms with Gasteiger partial charge in [0.25, 0.3) is 0 Å². The average Bonchev–Trinajstić information content (AvgIpc) is 4.07. The molecule has 0 aromatic heterocycles. The molecule has 14 rings (SSSR count). The Morgan fingerprint density at radius 3 is 0.923 bits per heavy atom. The zero-order valence-electron chi connectivity index (χ0n) is 34.4. The quantitative estimate of drug-likeness (QED) is 0.248. The first-order valence-electron chi connectivity index (χ1n) is 25.0. The second-order valence-corrected chi connectivity index (χ2v) is 21.5. The highest BCUT2D eigenvalue weighted by Crippen LogP contribution is 2.58. The summed E-state index contributed by atoms with van der Waals surface area (Å²) in [6.45, 7) is 1.82. The van der Waals surface area contributed by atoms with Crippen LogP contribution in [0.2, 0.25) is 0 Å². The van der Waals surface area contributed by atoms with Gasteiger partial charge in [-0.05, 0) is 129 Å². The first kappa shape index (κ1) is 38.8. The van der Waals surface area contributed by atoms with Gasteiger partial charge in [0.05, 0.1) is 12.2 Å². The second-order valence-electron chi connectivity index (χ2n) is 21.5. The molecule has 6 unspecified atom stereocenters. The third-order valence-corrected chi connectivity index (χ3v) is 18.4. The molecule has 8 bridgehead atoms. The summed E-state index contributed by atoms with van der Waals surface area (Å²) >= 11 is 0. The van der Waals surface area contributed by atoms with Gasteiger partial charge in [-0.3, -0.25) is 0 Å². The molecule has 2 heteroatoms. The van der Waals surface area contributed by atoms with Crippen LogP contribution in [0.25, 0.3) is 0 Å². The fourth-order valence-corrected chi connectivity index (χ4v) is 15.4. The van der Waals surface area contributed by atoms with Crippen LogP contribution in [-0.2, 0) is 9.47 Å². The van der Waals surface area contributed by atoms with Crippen molar-refractivity contribution in [3.63, 3.8) is 0 Å². The molecule has 14 aliphatic rings. The van der Waals surface area contributed by atoms with Crippen molar-refractivity contribution < 1.29 is 9.47 Å². The first-order chi connectivity index (χ1) is 25.7. The molecule has 2 saturated heterocycles. The van der Waals surface area contributed by atoms with Gasteiger partial charge >= 0.3 is 0 Å². The fourth-order valence-electron chi connectivity index (χ4n) is 15.4. The molecule has 0 aromatic carbocycles. The van der Waals surface area contributed by atoms with Crippen molar-refractivity contribution in [1.82, 2.24) is 0 Å². The van der Waals surface area contributed by atoms with Crippen molar-refractivity contribution in [3.8, 4) is 0 Å². The molecule has 52 heavy (non-hydrogen) atoms. The van der Waals surface area contributed by atoms with Crippen molar-refractivity contribution in [3.05, 3.63) is 0 Å². The molecule has 14 fully saturated rings. The van der Waals surface area contributed by atoms with E-state index in [4.69, 9.17) is 9.47 Å². The smallest absolute Gasteiger partial charge is 0.0859 e. The van der Waals surface area contributed by atoms with E-state index >= 15 is 0 Å². The molecule has 298 valence electrons. The van der Waals surface area contributed by atoms with Crippen LogP contribution in [0.4, 0.5) is 0 Å². The lowest BCUT2D eigenvalue weighted by atomic mass is 9.71. The Kier molecular flexibility index (Phi) is 14.8. The molecule has 0 radical (unpaired) electrons. The topological polar surface area (TPSA) is 18.5 Å². The van der Waals surface area contributed by atoms with Gasteiger partial charge in [0.2, 0.25) is 0 Å². The van der Waals surface area contributed by atoms with Crippen LogP contribution in [-0.4, -0.2) is 25.4 Å². The summed E-state index contributed by atoms with van der Waals surface area (Å²) in [5, 5.41) is 0. The molecular weight excluding hydrogens is 633 g/mol. The minimum absolute atomic E-state index is 0.454. The monoisotopic (exact) mass is 719 g/mol. The van der Waals surface area contributed by atoms with E-state index in [9.17, 15) is 0 Å². The molecular formula is C50H86O2. The standard InChI is InChI=1S/C10H16.C10H18.C9H16.C8H14.C7H12.C6H10O2/c1-2-9-7-4-5-8(6-7)10(9)3-1;1-2-6-10-8-4-3-7-9(10)5-1;1-3-8-5-2-6-9(4-1)7-8;1-2-8-5-3-7(1)4-6-8;1-2-7-4-3-6(1)5-7;1-3-7-6-2-4-8-5(1)6/h7-10H,1-6H2;9-10H,1-8H2;8-9H,1-7H2;7-8H,1-6H2;6-7H,1-5H2;5-6H,1-4H2. The minimum Gasteiger partial charge on any atom is -0.375 e. The minimum atomic E-state index is 0.454. The van der Waals surface area contributed by atoms with Gasteiger partial charge in [-0.1, -0.05) is 161 Å². The lowest BCUT2D eigenvalue weighted by molar-refractivity contribution is 0.0732. The van der Waals surface area contributed by atoms with E-state index in [1.165, 1.54) is 74.0 Å². The summed E-state index contributed by atoms with van der Waals surface area (Å²) in [7, 11) is 0.